The van der Waals surface area contributed by atoms with E-state index < -0.39 is 0 Å². The van der Waals surface area contributed by atoms with Crippen molar-refractivity contribution < 1.29 is 4.79 Å². The van der Waals surface area contributed by atoms with Gasteiger partial charge in [0.15, 0.2) is 5.16 Å². The Bertz CT molecular complexity index is 1130. The van der Waals surface area contributed by atoms with Gasteiger partial charge in [0.1, 0.15) is 6.07 Å². The number of carbonyl (C=O) groups is 1. The molecule has 1 N–H and O–H groups in total. The number of amides is 1. The van der Waals surface area contributed by atoms with Gasteiger partial charge >= 0.3 is 0 Å². The van der Waals surface area contributed by atoms with Crippen LogP contribution in [0.2, 0.25) is 0 Å². The van der Waals surface area contributed by atoms with Crippen LogP contribution >= 0.6 is 11.8 Å². The van der Waals surface area contributed by atoms with Gasteiger partial charge in [0, 0.05) is 6.54 Å². The number of nitriles is 1. The largest absolute Gasteiger partial charge is 0.324 e. The Labute approximate surface area is 179 Å². The van der Waals surface area contributed by atoms with Crippen LogP contribution in [0.4, 0.5) is 5.69 Å². The van der Waals surface area contributed by atoms with E-state index in [0.29, 0.717) is 33.9 Å². The third-order valence-corrected chi connectivity index (χ3v) is 5.69. The second-order valence-corrected chi connectivity index (χ2v) is 7.87. The van der Waals surface area contributed by atoms with E-state index in [1.807, 2.05) is 18.2 Å². The van der Waals surface area contributed by atoms with Crippen molar-refractivity contribution in [1.29, 1.82) is 5.26 Å². The fraction of sp³-hybridized carbons (Fsp3) is 0.304. The van der Waals surface area contributed by atoms with Gasteiger partial charge in [0.25, 0.3) is 5.56 Å². The number of aromatic nitrogens is 2. The maximum Gasteiger partial charge on any atom is 0.262 e. The minimum atomic E-state index is -0.248. The highest BCUT2D eigenvalue weighted by molar-refractivity contribution is 7.99. The summed E-state index contributed by atoms with van der Waals surface area (Å²) < 4.78 is 1.68. The van der Waals surface area contributed by atoms with Gasteiger partial charge in [-0.15, -0.1) is 0 Å². The van der Waals surface area contributed by atoms with E-state index in [4.69, 9.17) is 0 Å². The van der Waals surface area contributed by atoms with Gasteiger partial charge in [-0.25, -0.2) is 4.98 Å². The molecule has 0 spiro atoms. The summed E-state index contributed by atoms with van der Waals surface area (Å²) in [6.45, 7) is 2.73. The van der Waals surface area contributed by atoms with Gasteiger partial charge in [-0.2, -0.15) is 5.26 Å². The predicted octanol–water partition coefficient (Wildman–Crippen LogP) is 4.58. The van der Waals surface area contributed by atoms with Crippen molar-refractivity contribution in [2.45, 2.75) is 44.3 Å². The number of unbranched alkanes of at least 4 members (excludes halogenated alkanes) is 3. The van der Waals surface area contributed by atoms with Crippen LogP contribution in [-0.4, -0.2) is 21.2 Å². The first-order chi connectivity index (χ1) is 14.6. The van der Waals surface area contributed by atoms with Crippen LogP contribution < -0.4 is 10.9 Å². The minimum Gasteiger partial charge on any atom is -0.324 e. The van der Waals surface area contributed by atoms with Crippen LogP contribution in [-0.2, 0) is 11.3 Å². The quantitative estimate of drug-likeness (QED) is 0.311. The van der Waals surface area contributed by atoms with Gasteiger partial charge in [0.2, 0.25) is 5.91 Å². The monoisotopic (exact) mass is 420 g/mol. The minimum absolute atomic E-state index is 0.0742. The molecular weight excluding hydrogens is 396 g/mol. The van der Waals surface area contributed by atoms with Gasteiger partial charge < -0.3 is 5.32 Å². The summed E-state index contributed by atoms with van der Waals surface area (Å²) in [5.74, 6) is -0.151. The maximum atomic E-state index is 13.0. The number of fused-ring (bicyclic) bond motifs is 1. The van der Waals surface area contributed by atoms with Crippen LogP contribution in [0.3, 0.4) is 0 Å². The van der Waals surface area contributed by atoms with Gasteiger partial charge in [-0.1, -0.05) is 62.2 Å². The van der Waals surface area contributed by atoms with Crippen LogP contribution in [0, 0.1) is 11.3 Å². The lowest BCUT2D eigenvalue weighted by Gasteiger charge is -2.13. The summed E-state index contributed by atoms with van der Waals surface area (Å²) >= 11 is 1.24. The molecule has 0 radical (unpaired) electrons. The van der Waals surface area contributed by atoms with Gasteiger partial charge in [0.05, 0.1) is 27.9 Å². The molecule has 0 aliphatic carbocycles. The number of para-hydroxylation sites is 2. The Balaban J connectivity index is 1.79. The molecule has 30 heavy (non-hydrogen) atoms. The van der Waals surface area contributed by atoms with E-state index >= 15 is 0 Å². The summed E-state index contributed by atoms with van der Waals surface area (Å²) in [7, 11) is 0. The maximum absolute atomic E-state index is 13.0. The molecule has 0 unspecified atom stereocenters. The highest BCUT2D eigenvalue weighted by Crippen LogP contribution is 2.20. The number of carbonyl (C=O) groups excluding carboxylic acids is 1. The third-order valence-electron chi connectivity index (χ3n) is 4.72. The molecule has 7 heteroatoms. The Kier molecular flexibility index (Phi) is 7.63. The first-order valence-corrected chi connectivity index (χ1v) is 11.0. The molecule has 0 aliphatic heterocycles. The second kappa shape index (κ2) is 10.6. The highest BCUT2D eigenvalue weighted by Gasteiger charge is 2.14. The Morgan fingerprint density at radius 2 is 1.90 bits per heavy atom. The van der Waals surface area contributed by atoms with Gasteiger partial charge in [-0.3, -0.25) is 14.2 Å². The lowest BCUT2D eigenvalue weighted by atomic mass is 10.2. The van der Waals surface area contributed by atoms with E-state index in [0.717, 1.165) is 25.7 Å². The number of thioether (sulfide) groups is 1. The number of anilines is 1. The molecule has 0 saturated carbocycles. The molecule has 3 aromatic rings. The molecule has 1 aromatic heterocycles. The summed E-state index contributed by atoms with van der Waals surface area (Å²) in [6, 6.07) is 16.2. The molecule has 3 rings (SSSR count). The number of hydrogen-bond donors (Lipinski definition) is 1. The predicted molar refractivity (Wildman–Crippen MR) is 121 cm³/mol. The van der Waals surface area contributed by atoms with Crippen LogP contribution in [0.25, 0.3) is 10.9 Å². The van der Waals surface area contributed by atoms with E-state index in [2.05, 4.69) is 23.3 Å². The molecule has 0 fully saturated rings. The number of benzene rings is 2. The Hall–Kier alpha value is -3.11. The molecular formula is C23H24N4O2S. The second-order valence-electron chi connectivity index (χ2n) is 6.92. The van der Waals surface area contributed by atoms with Crippen molar-refractivity contribution >= 4 is 34.3 Å². The zero-order valence-electron chi connectivity index (χ0n) is 16.9. The van der Waals surface area contributed by atoms with Crippen molar-refractivity contribution in [2.24, 2.45) is 0 Å². The number of nitrogens with zero attached hydrogens (tertiary/aromatic N) is 3. The molecule has 2 aromatic carbocycles. The van der Waals surface area contributed by atoms with Gasteiger partial charge in [-0.05, 0) is 30.7 Å². The van der Waals surface area contributed by atoms with Crippen molar-refractivity contribution in [1.82, 2.24) is 9.55 Å². The zero-order valence-corrected chi connectivity index (χ0v) is 17.7. The molecule has 0 aliphatic rings. The smallest absolute Gasteiger partial charge is 0.262 e. The van der Waals surface area contributed by atoms with Crippen molar-refractivity contribution in [3.8, 4) is 6.07 Å². The molecule has 154 valence electrons. The highest BCUT2D eigenvalue weighted by atomic mass is 32.2. The summed E-state index contributed by atoms with van der Waals surface area (Å²) in [6.07, 6.45) is 4.18. The van der Waals surface area contributed by atoms with E-state index in [-0.39, 0.29) is 17.2 Å². The molecule has 0 bridgehead atoms. The van der Waals surface area contributed by atoms with E-state index in [1.54, 1.807) is 34.9 Å². The first-order valence-electron chi connectivity index (χ1n) is 10.1. The van der Waals surface area contributed by atoms with Crippen molar-refractivity contribution in [3.63, 3.8) is 0 Å². The summed E-state index contributed by atoms with van der Waals surface area (Å²) in [5.41, 5.74) is 1.45. The zero-order chi connectivity index (χ0) is 21.3. The Morgan fingerprint density at radius 1 is 1.13 bits per heavy atom. The van der Waals surface area contributed by atoms with Crippen molar-refractivity contribution in [3.05, 3.63) is 64.4 Å². The molecule has 6 nitrogen and oxygen atoms in total. The SMILES string of the molecule is CCCCCCn1c(SCC(=O)Nc2ccccc2C#N)nc2ccccc2c1=O. The lowest BCUT2D eigenvalue weighted by molar-refractivity contribution is -0.113. The lowest BCUT2D eigenvalue weighted by Crippen LogP contribution is -2.24. The average Bonchev–Trinajstić information content (AvgIpc) is 2.77. The molecule has 0 atom stereocenters. The summed E-state index contributed by atoms with van der Waals surface area (Å²) in [5, 5.41) is 13.1. The van der Waals surface area contributed by atoms with Crippen molar-refractivity contribution in [2.75, 3.05) is 11.1 Å². The fourth-order valence-corrected chi connectivity index (χ4v) is 3.98. The standard InChI is InChI=1S/C23H24N4O2S/c1-2-3-4-9-14-27-22(29)18-11-6-8-13-20(18)26-23(27)30-16-21(28)25-19-12-7-5-10-17(19)15-24/h5-8,10-13H,2-4,9,14,16H2,1H3,(H,25,28). The van der Waals surface area contributed by atoms with Crippen LogP contribution in [0.5, 0.6) is 0 Å². The molecule has 0 saturated heterocycles. The Morgan fingerprint density at radius 3 is 2.70 bits per heavy atom. The fourth-order valence-electron chi connectivity index (χ4n) is 3.16. The van der Waals surface area contributed by atoms with E-state index in [9.17, 15) is 14.9 Å². The summed E-state index contributed by atoms with van der Waals surface area (Å²) in [4.78, 5) is 30.1. The van der Waals surface area contributed by atoms with E-state index in [1.165, 1.54) is 11.8 Å². The number of rotatable bonds is 9. The van der Waals surface area contributed by atoms with Crippen LogP contribution in [0.15, 0.2) is 58.5 Å². The van der Waals surface area contributed by atoms with Crippen LogP contribution in [0.1, 0.15) is 38.2 Å². The number of nitrogens with one attached hydrogen (secondary N) is 1. The normalized spacial score (nSPS) is 10.7. The topological polar surface area (TPSA) is 87.8 Å². The molecule has 1 heterocycles. The molecule has 1 amide bonds. The number of hydrogen-bond acceptors (Lipinski definition) is 5. The first kappa shape index (κ1) is 21.6. The third kappa shape index (κ3) is 5.28. The average molecular weight is 421 g/mol.